The van der Waals surface area contributed by atoms with Gasteiger partial charge in [-0.25, -0.2) is 0 Å². The van der Waals surface area contributed by atoms with E-state index in [1.54, 1.807) is 24.3 Å². The summed E-state index contributed by atoms with van der Waals surface area (Å²) in [7, 11) is 0. The van der Waals surface area contributed by atoms with Crippen LogP contribution in [0.15, 0.2) is 42.5 Å². The third-order valence-corrected chi connectivity index (χ3v) is 6.08. The molecule has 162 valence electrons. The predicted octanol–water partition coefficient (Wildman–Crippen LogP) is 2.76. The number of nitrogens with zero attached hydrogens (tertiary/aromatic N) is 3. The molecule has 7 nitrogen and oxygen atoms in total. The molecule has 0 spiro atoms. The van der Waals surface area contributed by atoms with Crippen LogP contribution in [-0.2, 0) is 4.79 Å². The number of aryl methyl sites for hydroxylation is 1. The molecule has 31 heavy (non-hydrogen) atoms. The Morgan fingerprint density at radius 2 is 1.61 bits per heavy atom. The molecule has 4 rings (SSSR count). The van der Waals surface area contributed by atoms with Crippen molar-refractivity contribution in [3.05, 3.63) is 59.2 Å². The van der Waals surface area contributed by atoms with Crippen molar-refractivity contribution < 1.29 is 14.4 Å². The van der Waals surface area contributed by atoms with Gasteiger partial charge in [0.25, 0.3) is 11.8 Å². The molecular weight excluding hydrogens is 392 g/mol. The summed E-state index contributed by atoms with van der Waals surface area (Å²) >= 11 is 0. The SMILES string of the molecule is CCN1CCN(c2ccc(NC(=O)CCN3C(=O)c4ccccc4C3=O)cc2C)CC1. The standard InChI is InChI=1S/C24H28N4O3/c1-3-26-12-14-27(15-13-26)21-9-8-18(16-17(21)2)25-22(29)10-11-28-23(30)19-6-4-5-7-20(19)24(28)31/h4-9,16H,3,10-15H2,1-2H3,(H,25,29). The summed E-state index contributed by atoms with van der Waals surface area (Å²) in [6, 6.07) is 12.7. The van der Waals surface area contributed by atoms with Crippen LogP contribution in [-0.4, -0.2) is 66.8 Å². The van der Waals surface area contributed by atoms with Gasteiger partial charge in [-0.2, -0.15) is 0 Å². The highest BCUT2D eigenvalue weighted by Crippen LogP contribution is 2.25. The van der Waals surface area contributed by atoms with Gasteiger partial charge in [0, 0.05) is 50.5 Å². The predicted molar refractivity (Wildman–Crippen MR) is 121 cm³/mol. The molecule has 0 bridgehead atoms. The van der Waals surface area contributed by atoms with Crippen LogP contribution in [0, 0.1) is 6.92 Å². The van der Waals surface area contributed by atoms with Crippen molar-refractivity contribution in [1.82, 2.24) is 9.80 Å². The monoisotopic (exact) mass is 420 g/mol. The van der Waals surface area contributed by atoms with Crippen LogP contribution < -0.4 is 10.2 Å². The first kappa shape index (κ1) is 21.1. The van der Waals surface area contributed by atoms with Gasteiger partial charge in [0.15, 0.2) is 0 Å². The number of anilines is 2. The van der Waals surface area contributed by atoms with Crippen molar-refractivity contribution in [3.8, 4) is 0 Å². The zero-order valence-electron chi connectivity index (χ0n) is 18.1. The number of likely N-dealkylation sites (N-methyl/N-ethyl adjacent to an activating group) is 1. The molecule has 0 aliphatic carbocycles. The Labute approximate surface area is 182 Å². The van der Waals surface area contributed by atoms with Gasteiger partial charge in [-0.3, -0.25) is 19.3 Å². The minimum Gasteiger partial charge on any atom is -0.369 e. The van der Waals surface area contributed by atoms with Crippen molar-refractivity contribution in [3.63, 3.8) is 0 Å². The number of imide groups is 1. The number of hydrogen-bond donors (Lipinski definition) is 1. The zero-order valence-corrected chi connectivity index (χ0v) is 18.1. The average molecular weight is 421 g/mol. The second-order valence-corrected chi connectivity index (χ2v) is 8.03. The van der Waals surface area contributed by atoms with Gasteiger partial charge in [0.2, 0.25) is 5.91 Å². The van der Waals surface area contributed by atoms with Gasteiger partial charge in [0.05, 0.1) is 11.1 Å². The molecule has 0 saturated carbocycles. The lowest BCUT2D eigenvalue weighted by Gasteiger charge is -2.36. The molecule has 2 aromatic rings. The summed E-state index contributed by atoms with van der Waals surface area (Å²) in [5.74, 6) is -0.895. The first-order valence-electron chi connectivity index (χ1n) is 10.8. The molecule has 2 heterocycles. The molecule has 2 aliphatic rings. The Kier molecular flexibility index (Phi) is 6.04. The summed E-state index contributed by atoms with van der Waals surface area (Å²) in [5, 5.41) is 2.89. The highest BCUT2D eigenvalue weighted by Gasteiger charge is 2.34. The van der Waals surface area contributed by atoms with E-state index in [9.17, 15) is 14.4 Å². The number of benzene rings is 2. The summed E-state index contributed by atoms with van der Waals surface area (Å²) < 4.78 is 0. The maximum Gasteiger partial charge on any atom is 0.261 e. The summed E-state index contributed by atoms with van der Waals surface area (Å²) in [5.41, 5.74) is 3.83. The Morgan fingerprint density at radius 3 is 2.19 bits per heavy atom. The first-order valence-corrected chi connectivity index (χ1v) is 10.8. The maximum atomic E-state index is 12.4. The number of fused-ring (bicyclic) bond motifs is 1. The Morgan fingerprint density at radius 1 is 0.968 bits per heavy atom. The van der Waals surface area contributed by atoms with Crippen molar-refractivity contribution >= 4 is 29.1 Å². The zero-order chi connectivity index (χ0) is 22.0. The fraction of sp³-hybridized carbons (Fsp3) is 0.375. The van der Waals surface area contributed by atoms with Crippen LogP contribution >= 0.6 is 0 Å². The van der Waals surface area contributed by atoms with E-state index in [1.165, 1.54) is 5.69 Å². The molecule has 0 unspecified atom stereocenters. The number of amides is 3. The molecule has 1 saturated heterocycles. The number of nitrogens with one attached hydrogen (secondary N) is 1. The smallest absolute Gasteiger partial charge is 0.261 e. The fourth-order valence-corrected chi connectivity index (χ4v) is 4.27. The van der Waals surface area contributed by atoms with E-state index in [0.29, 0.717) is 11.1 Å². The summed E-state index contributed by atoms with van der Waals surface area (Å²) in [6.45, 7) is 9.51. The molecular formula is C24H28N4O3. The molecule has 7 heteroatoms. The van der Waals surface area contributed by atoms with Crippen molar-refractivity contribution in [1.29, 1.82) is 0 Å². The van der Waals surface area contributed by atoms with Crippen LogP contribution in [0.2, 0.25) is 0 Å². The lowest BCUT2D eigenvalue weighted by atomic mass is 10.1. The molecule has 0 atom stereocenters. The van der Waals surface area contributed by atoms with Crippen LogP contribution in [0.3, 0.4) is 0 Å². The molecule has 1 N–H and O–H groups in total. The van der Waals surface area contributed by atoms with Gasteiger partial charge in [-0.05, 0) is 49.4 Å². The van der Waals surface area contributed by atoms with E-state index < -0.39 is 0 Å². The van der Waals surface area contributed by atoms with Crippen LogP contribution in [0.4, 0.5) is 11.4 Å². The number of carbonyl (C=O) groups is 3. The minimum absolute atomic E-state index is 0.0608. The number of hydrogen-bond acceptors (Lipinski definition) is 5. The highest BCUT2D eigenvalue weighted by atomic mass is 16.2. The van der Waals surface area contributed by atoms with E-state index in [-0.39, 0.29) is 30.7 Å². The molecule has 3 amide bonds. The summed E-state index contributed by atoms with van der Waals surface area (Å²) in [4.78, 5) is 43.2. The van der Waals surface area contributed by atoms with Crippen LogP contribution in [0.1, 0.15) is 39.6 Å². The summed E-state index contributed by atoms with van der Waals surface area (Å²) in [6.07, 6.45) is 0.0608. The third kappa shape index (κ3) is 4.32. The van der Waals surface area contributed by atoms with Gasteiger partial charge in [-0.15, -0.1) is 0 Å². The third-order valence-electron chi connectivity index (χ3n) is 6.08. The molecule has 0 aromatic heterocycles. The average Bonchev–Trinajstić information content (AvgIpc) is 3.02. The number of piperazine rings is 1. The molecule has 0 radical (unpaired) electrons. The Bertz CT molecular complexity index is 977. The van der Waals surface area contributed by atoms with Gasteiger partial charge < -0.3 is 15.1 Å². The van der Waals surface area contributed by atoms with E-state index in [0.717, 1.165) is 48.9 Å². The van der Waals surface area contributed by atoms with Crippen LogP contribution in [0.25, 0.3) is 0 Å². The molecule has 1 fully saturated rings. The van der Waals surface area contributed by atoms with Crippen LogP contribution in [0.5, 0.6) is 0 Å². The molecule has 2 aromatic carbocycles. The van der Waals surface area contributed by atoms with Gasteiger partial charge in [0.1, 0.15) is 0 Å². The van der Waals surface area contributed by atoms with Crippen molar-refractivity contribution in [2.24, 2.45) is 0 Å². The second kappa shape index (κ2) is 8.89. The van der Waals surface area contributed by atoms with E-state index >= 15 is 0 Å². The lowest BCUT2D eigenvalue weighted by molar-refractivity contribution is -0.116. The largest absolute Gasteiger partial charge is 0.369 e. The topological polar surface area (TPSA) is 73.0 Å². The Balaban J connectivity index is 1.33. The second-order valence-electron chi connectivity index (χ2n) is 8.03. The lowest BCUT2D eigenvalue weighted by Crippen LogP contribution is -2.46. The van der Waals surface area contributed by atoms with Crippen molar-refractivity contribution in [2.45, 2.75) is 20.3 Å². The number of carbonyl (C=O) groups excluding carboxylic acids is 3. The normalized spacial score (nSPS) is 16.6. The van der Waals surface area contributed by atoms with Gasteiger partial charge >= 0.3 is 0 Å². The highest BCUT2D eigenvalue weighted by molar-refractivity contribution is 6.21. The maximum absolute atomic E-state index is 12.4. The minimum atomic E-state index is -0.336. The van der Waals surface area contributed by atoms with E-state index in [1.807, 2.05) is 12.1 Å². The first-order chi connectivity index (χ1) is 15.0. The van der Waals surface area contributed by atoms with Gasteiger partial charge in [-0.1, -0.05) is 19.1 Å². The molecule has 2 aliphatic heterocycles. The van der Waals surface area contributed by atoms with E-state index in [4.69, 9.17) is 0 Å². The Hall–Kier alpha value is -3.19. The number of rotatable bonds is 6. The quantitative estimate of drug-likeness (QED) is 0.728. The fourth-order valence-electron chi connectivity index (χ4n) is 4.27. The van der Waals surface area contributed by atoms with E-state index in [2.05, 4.69) is 35.0 Å². The van der Waals surface area contributed by atoms with Crippen molar-refractivity contribution in [2.75, 3.05) is 49.5 Å².